The van der Waals surface area contributed by atoms with Gasteiger partial charge in [-0.3, -0.25) is 0 Å². The van der Waals surface area contributed by atoms with Crippen LogP contribution in [0.15, 0.2) is 120 Å². The summed E-state index contributed by atoms with van der Waals surface area (Å²) in [6, 6.07) is 35.2. The van der Waals surface area contributed by atoms with Gasteiger partial charge in [-0.2, -0.15) is 8.42 Å². The van der Waals surface area contributed by atoms with Crippen molar-refractivity contribution in [3.63, 3.8) is 0 Å². The van der Waals surface area contributed by atoms with Crippen molar-refractivity contribution in [1.82, 2.24) is 0 Å². The van der Waals surface area contributed by atoms with Gasteiger partial charge >= 0.3 is 0 Å². The van der Waals surface area contributed by atoms with Gasteiger partial charge in [0.25, 0.3) is 10.1 Å². The van der Waals surface area contributed by atoms with Gasteiger partial charge in [-0.05, 0) is 41.3 Å². The van der Waals surface area contributed by atoms with E-state index in [4.69, 9.17) is 4.18 Å². The van der Waals surface area contributed by atoms with E-state index in [2.05, 4.69) is 0 Å². The van der Waals surface area contributed by atoms with Gasteiger partial charge in [-0.1, -0.05) is 103 Å². The molecule has 4 rings (SSSR count). The second-order valence-electron chi connectivity index (χ2n) is 7.13. The fourth-order valence-corrected chi connectivity index (χ4v) is 4.94. The Morgan fingerprint density at radius 2 is 1.03 bits per heavy atom. The third-order valence-corrected chi connectivity index (χ3v) is 6.35. The van der Waals surface area contributed by atoms with Crippen LogP contribution in [0.1, 0.15) is 22.3 Å². The summed E-state index contributed by atoms with van der Waals surface area (Å²) in [5.41, 5.74) is 1.73. The molecule has 0 aliphatic heterocycles. The highest BCUT2D eigenvalue weighted by Gasteiger charge is 2.42. The third-order valence-electron chi connectivity index (χ3n) is 5.05. The predicted octanol–water partition coefficient (Wildman–Crippen LogP) is 5.69. The van der Waals surface area contributed by atoms with Crippen LogP contribution in [0.2, 0.25) is 0 Å². The first-order valence-electron chi connectivity index (χ1n) is 9.71. The van der Waals surface area contributed by atoms with E-state index in [-0.39, 0.29) is 4.90 Å². The molecule has 0 N–H and O–H groups in total. The molecule has 4 aromatic carbocycles. The number of benzene rings is 4. The fourth-order valence-electron chi connectivity index (χ4n) is 3.65. The van der Waals surface area contributed by atoms with Crippen molar-refractivity contribution in [2.75, 3.05) is 0 Å². The van der Waals surface area contributed by atoms with Crippen molar-refractivity contribution in [2.45, 2.75) is 17.4 Å². The molecule has 0 aliphatic rings. The summed E-state index contributed by atoms with van der Waals surface area (Å²) in [7, 11) is -4.08. The molecule has 4 heteroatoms. The van der Waals surface area contributed by atoms with Crippen LogP contribution in [-0.4, -0.2) is 8.42 Å². The largest absolute Gasteiger partial charge is 0.298 e. The minimum Gasteiger partial charge on any atom is -0.245 e. The Hall–Kier alpha value is -3.21. The Kier molecular flexibility index (Phi) is 5.53. The molecule has 0 atom stereocenters. The Morgan fingerprint density at radius 1 is 0.600 bits per heavy atom. The van der Waals surface area contributed by atoms with Crippen LogP contribution in [0.4, 0.5) is 0 Å². The molecule has 0 spiro atoms. The first-order valence-corrected chi connectivity index (χ1v) is 11.1. The molecule has 0 saturated carbocycles. The van der Waals surface area contributed by atoms with Gasteiger partial charge in [0.1, 0.15) is 0 Å². The van der Waals surface area contributed by atoms with E-state index in [0.29, 0.717) is 0 Å². The van der Waals surface area contributed by atoms with E-state index in [1.165, 1.54) is 0 Å². The third kappa shape index (κ3) is 3.80. The minimum atomic E-state index is -4.08. The molecular weight excluding hydrogens is 392 g/mol. The van der Waals surface area contributed by atoms with Crippen LogP contribution in [0.3, 0.4) is 0 Å². The first-order chi connectivity index (χ1) is 14.5. The van der Waals surface area contributed by atoms with Gasteiger partial charge in [-0.15, -0.1) is 0 Å². The molecule has 0 unspecified atom stereocenters. The number of rotatable bonds is 6. The molecule has 150 valence electrons. The molecule has 30 heavy (non-hydrogen) atoms. The fraction of sp³-hybridized carbons (Fsp3) is 0.0769. The molecule has 0 saturated heterocycles. The molecule has 0 fully saturated rings. The molecule has 0 radical (unpaired) electrons. The van der Waals surface area contributed by atoms with Gasteiger partial charge in [0.2, 0.25) is 0 Å². The smallest absolute Gasteiger partial charge is 0.245 e. The van der Waals surface area contributed by atoms with Crippen LogP contribution >= 0.6 is 0 Å². The Bertz CT molecular complexity index is 1120. The lowest BCUT2D eigenvalue weighted by Gasteiger charge is -2.34. The van der Waals surface area contributed by atoms with E-state index < -0.39 is 15.7 Å². The standard InChI is InChI=1S/C26H22O3S/c1-21-12-11-19-25(20-21)30(27,28)29-26(22-13-5-2-6-14-22,23-15-7-3-8-16-23)24-17-9-4-10-18-24/h2-20H,1H3. The predicted molar refractivity (Wildman–Crippen MR) is 119 cm³/mol. The maximum atomic E-state index is 13.5. The zero-order chi connectivity index (χ0) is 21.0. The lowest BCUT2D eigenvalue weighted by molar-refractivity contribution is 0.164. The van der Waals surface area contributed by atoms with E-state index in [9.17, 15) is 8.42 Å². The summed E-state index contributed by atoms with van der Waals surface area (Å²) in [5, 5.41) is 0. The van der Waals surface area contributed by atoms with E-state index in [1.54, 1.807) is 18.2 Å². The van der Waals surface area contributed by atoms with Gasteiger partial charge in [0.05, 0.1) is 4.90 Å². The lowest BCUT2D eigenvalue weighted by Crippen LogP contribution is -2.35. The second-order valence-corrected chi connectivity index (χ2v) is 8.68. The van der Waals surface area contributed by atoms with Crippen molar-refractivity contribution in [2.24, 2.45) is 0 Å². The highest BCUT2D eigenvalue weighted by Crippen LogP contribution is 2.42. The number of aryl methyl sites for hydroxylation is 1. The van der Waals surface area contributed by atoms with Crippen LogP contribution in [-0.2, 0) is 19.9 Å². The summed E-state index contributed by atoms with van der Waals surface area (Å²) < 4.78 is 33.2. The van der Waals surface area contributed by atoms with Crippen molar-refractivity contribution in [1.29, 1.82) is 0 Å². The monoisotopic (exact) mass is 414 g/mol. The van der Waals surface area contributed by atoms with Gasteiger partial charge in [0.15, 0.2) is 5.60 Å². The average molecular weight is 415 g/mol. The Morgan fingerprint density at radius 3 is 1.43 bits per heavy atom. The number of hydrogen-bond acceptors (Lipinski definition) is 3. The lowest BCUT2D eigenvalue weighted by atomic mass is 9.80. The summed E-state index contributed by atoms with van der Waals surface area (Å²) in [4.78, 5) is 0.134. The molecule has 0 aliphatic carbocycles. The highest BCUT2D eigenvalue weighted by molar-refractivity contribution is 7.86. The topological polar surface area (TPSA) is 43.4 Å². The maximum absolute atomic E-state index is 13.5. The normalized spacial score (nSPS) is 11.9. The van der Waals surface area contributed by atoms with Crippen molar-refractivity contribution < 1.29 is 12.6 Å². The van der Waals surface area contributed by atoms with Crippen molar-refractivity contribution in [3.05, 3.63) is 138 Å². The minimum absolute atomic E-state index is 0.134. The molecule has 0 bridgehead atoms. The molecule has 0 aromatic heterocycles. The van der Waals surface area contributed by atoms with Gasteiger partial charge < -0.3 is 0 Å². The zero-order valence-corrected chi connectivity index (χ0v) is 17.4. The average Bonchev–Trinajstić information content (AvgIpc) is 2.79. The molecular formula is C26H22O3S. The second kappa shape index (κ2) is 8.27. The maximum Gasteiger partial charge on any atom is 0.298 e. The van der Waals surface area contributed by atoms with Crippen molar-refractivity contribution >= 4 is 10.1 Å². The summed E-state index contributed by atoms with van der Waals surface area (Å²) in [5.74, 6) is 0. The molecule has 0 amide bonds. The van der Waals surface area contributed by atoms with Crippen molar-refractivity contribution in [3.8, 4) is 0 Å². The number of hydrogen-bond donors (Lipinski definition) is 0. The van der Waals surface area contributed by atoms with E-state index in [1.807, 2.05) is 104 Å². The molecule has 4 aromatic rings. The first kappa shape index (κ1) is 20.1. The Labute approximate surface area is 177 Å². The SMILES string of the molecule is Cc1cccc(S(=O)(=O)OC(c2ccccc2)(c2ccccc2)c2ccccc2)c1. The van der Waals surface area contributed by atoms with E-state index >= 15 is 0 Å². The summed E-state index contributed by atoms with van der Waals surface area (Å²) >= 11 is 0. The van der Waals surface area contributed by atoms with Crippen LogP contribution in [0.25, 0.3) is 0 Å². The van der Waals surface area contributed by atoms with Crippen LogP contribution in [0.5, 0.6) is 0 Å². The highest BCUT2D eigenvalue weighted by atomic mass is 32.2. The van der Waals surface area contributed by atoms with E-state index in [0.717, 1.165) is 22.3 Å². The molecule has 3 nitrogen and oxygen atoms in total. The summed E-state index contributed by atoms with van der Waals surface area (Å²) in [6.45, 7) is 1.86. The Balaban J connectivity index is 2.00. The van der Waals surface area contributed by atoms with Gasteiger partial charge in [0, 0.05) is 0 Å². The summed E-state index contributed by atoms with van der Waals surface area (Å²) in [6.07, 6.45) is 0. The van der Waals surface area contributed by atoms with Gasteiger partial charge in [-0.25, -0.2) is 4.18 Å². The quantitative estimate of drug-likeness (QED) is 0.301. The molecule has 0 heterocycles. The van der Waals surface area contributed by atoms with Crippen LogP contribution < -0.4 is 0 Å². The zero-order valence-electron chi connectivity index (χ0n) is 16.6. The van der Waals surface area contributed by atoms with Crippen LogP contribution in [0, 0.1) is 6.92 Å².